The van der Waals surface area contributed by atoms with Crippen molar-refractivity contribution in [3.63, 3.8) is 0 Å². The molecule has 2 fully saturated rings. The summed E-state index contributed by atoms with van der Waals surface area (Å²) in [6.07, 6.45) is 0.195. The predicted molar refractivity (Wildman–Crippen MR) is 75.9 cm³/mol. The molecule has 2 nitrogen and oxygen atoms in total. The zero-order valence-electron chi connectivity index (χ0n) is 11.9. The van der Waals surface area contributed by atoms with E-state index < -0.39 is 6.43 Å². The summed E-state index contributed by atoms with van der Waals surface area (Å²) < 4.78 is 25.9. The number of benzene rings is 1. The fraction of sp³-hybridized carbons (Fsp3) is 0.625. The molecule has 0 aromatic heterocycles. The van der Waals surface area contributed by atoms with E-state index in [9.17, 15) is 8.78 Å². The van der Waals surface area contributed by atoms with Crippen LogP contribution in [0.3, 0.4) is 0 Å². The van der Waals surface area contributed by atoms with Crippen molar-refractivity contribution in [2.45, 2.75) is 37.8 Å². The highest BCUT2D eigenvalue weighted by Gasteiger charge is 2.44. The van der Waals surface area contributed by atoms with E-state index >= 15 is 0 Å². The maximum atomic E-state index is 13.0. The molecule has 1 aromatic rings. The van der Waals surface area contributed by atoms with Crippen molar-refractivity contribution in [3.8, 4) is 0 Å². The van der Waals surface area contributed by atoms with Gasteiger partial charge in [0.15, 0.2) is 0 Å². The number of nitrogens with zero attached hydrogens (tertiary/aromatic N) is 1. The predicted octanol–water partition coefficient (Wildman–Crippen LogP) is 2.85. The number of rotatable bonds is 4. The molecule has 0 bridgehead atoms. The lowest BCUT2D eigenvalue weighted by molar-refractivity contribution is -0.00696. The minimum absolute atomic E-state index is 0.143. The molecule has 1 aliphatic carbocycles. The first-order chi connectivity index (χ1) is 9.59. The molecule has 0 spiro atoms. The van der Waals surface area contributed by atoms with E-state index in [2.05, 4.69) is 12.2 Å². The smallest absolute Gasteiger partial charge is 0.251 e. The Morgan fingerprint density at radius 3 is 2.60 bits per heavy atom. The first-order valence-corrected chi connectivity index (χ1v) is 7.42. The lowest BCUT2D eigenvalue weighted by Crippen LogP contribution is -2.62. The average Bonchev–Trinajstić information content (AvgIpc) is 3.26. The second-order valence-corrected chi connectivity index (χ2v) is 6.26. The van der Waals surface area contributed by atoms with Crippen molar-refractivity contribution < 1.29 is 8.78 Å². The third-order valence-electron chi connectivity index (χ3n) is 4.77. The maximum Gasteiger partial charge on any atom is 0.251 e. The van der Waals surface area contributed by atoms with Crippen LogP contribution in [-0.4, -0.2) is 37.0 Å². The molecule has 1 saturated heterocycles. The van der Waals surface area contributed by atoms with E-state index in [1.165, 1.54) is 12.8 Å². The Labute approximate surface area is 119 Å². The van der Waals surface area contributed by atoms with E-state index in [1.54, 1.807) is 0 Å². The Hall–Kier alpha value is -1.00. The van der Waals surface area contributed by atoms with Crippen molar-refractivity contribution in [2.75, 3.05) is 19.6 Å². The van der Waals surface area contributed by atoms with Gasteiger partial charge in [0, 0.05) is 19.1 Å². The number of hydrogen-bond acceptors (Lipinski definition) is 2. The molecule has 1 aromatic carbocycles. The van der Waals surface area contributed by atoms with Crippen LogP contribution in [0, 0.1) is 5.92 Å². The standard InChI is InChI=1S/C16H22F2N2/c1-16(13-5-3-2-4-6-13)11-19-14(12-7-8-12)9-20(16)10-15(17)18/h2-6,12,14-15,19H,7-11H2,1H3. The number of halogens is 2. The maximum absolute atomic E-state index is 13.0. The van der Waals surface area contributed by atoms with Gasteiger partial charge in [-0.1, -0.05) is 30.3 Å². The lowest BCUT2D eigenvalue weighted by Gasteiger charge is -2.48. The van der Waals surface area contributed by atoms with Crippen LogP contribution < -0.4 is 5.32 Å². The topological polar surface area (TPSA) is 15.3 Å². The quantitative estimate of drug-likeness (QED) is 0.912. The Morgan fingerprint density at radius 1 is 1.30 bits per heavy atom. The normalized spacial score (nSPS) is 31.7. The van der Waals surface area contributed by atoms with E-state index in [0.717, 1.165) is 18.7 Å². The average molecular weight is 280 g/mol. The fourth-order valence-corrected chi connectivity index (χ4v) is 3.28. The van der Waals surface area contributed by atoms with Gasteiger partial charge >= 0.3 is 0 Å². The first-order valence-electron chi connectivity index (χ1n) is 7.42. The Morgan fingerprint density at radius 2 is 2.00 bits per heavy atom. The molecule has 1 heterocycles. The van der Waals surface area contributed by atoms with E-state index in [-0.39, 0.29) is 12.1 Å². The highest BCUT2D eigenvalue weighted by molar-refractivity contribution is 5.25. The highest BCUT2D eigenvalue weighted by atomic mass is 19.3. The minimum atomic E-state index is -2.28. The van der Waals surface area contributed by atoms with Gasteiger partial charge < -0.3 is 5.32 Å². The van der Waals surface area contributed by atoms with Crippen LogP contribution in [0.1, 0.15) is 25.3 Å². The van der Waals surface area contributed by atoms with Crippen LogP contribution in [0.2, 0.25) is 0 Å². The molecular formula is C16H22F2N2. The van der Waals surface area contributed by atoms with Crippen molar-refractivity contribution in [2.24, 2.45) is 5.92 Å². The van der Waals surface area contributed by atoms with Crippen LogP contribution in [0.25, 0.3) is 0 Å². The van der Waals surface area contributed by atoms with Crippen LogP contribution in [-0.2, 0) is 5.54 Å². The highest BCUT2D eigenvalue weighted by Crippen LogP contribution is 2.38. The molecule has 0 radical (unpaired) electrons. The van der Waals surface area contributed by atoms with Crippen LogP contribution >= 0.6 is 0 Å². The molecule has 1 aliphatic heterocycles. The van der Waals surface area contributed by atoms with Crippen LogP contribution in [0.5, 0.6) is 0 Å². The second-order valence-electron chi connectivity index (χ2n) is 6.26. The summed E-state index contributed by atoms with van der Waals surface area (Å²) in [5.41, 5.74) is 0.769. The monoisotopic (exact) mass is 280 g/mol. The SMILES string of the molecule is CC1(c2ccccc2)CNC(C2CC2)CN1CC(F)F. The Balaban J connectivity index is 1.83. The molecule has 1 N–H and O–H groups in total. The van der Waals surface area contributed by atoms with E-state index in [1.807, 2.05) is 35.2 Å². The summed E-state index contributed by atoms with van der Waals surface area (Å²) >= 11 is 0. The van der Waals surface area contributed by atoms with Crippen molar-refractivity contribution >= 4 is 0 Å². The van der Waals surface area contributed by atoms with Crippen molar-refractivity contribution in [1.82, 2.24) is 10.2 Å². The molecule has 2 aliphatic rings. The van der Waals surface area contributed by atoms with Gasteiger partial charge in [-0.3, -0.25) is 4.90 Å². The molecule has 1 saturated carbocycles. The zero-order valence-corrected chi connectivity index (χ0v) is 11.9. The number of nitrogens with one attached hydrogen (secondary N) is 1. The molecule has 2 unspecified atom stereocenters. The summed E-state index contributed by atoms with van der Waals surface area (Å²) in [6, 6.07) is 10.4. The molecule has 20 heavy (non-hydrogen) atoms. The number of alkyl halides is 2. The van der Waals surface area contributed by atoms with Gasteiger partial charge in [-0.25, -0.2) is 8.78 Å². The molecular weight excluding hydrogens is 258 g/mol. The number of piperazine rings is 1. The van der Waals surface area contributed by atoms with Crippen LogP contribution in [0.15, 0.2) is 30.3 Å². The third-order valence-corrected chi connectivity index (χ3v) is 4.77. The minimum Gasteiger partial charge on any atom is -0.310 e. The molecule has 2 atom stereocenters. The molecule has 110 valence electrons. The van der Waals surface area contributed by atoms with Gasteiger partial charge in [-0.2, -0.15) is 0 Å². The fourth-order valence-electron chi connectivity index (χ4n) is 3.28. The largest absolute Gasteiger partial charge is 0.310 e. The molecule has 3 rings (SSSR count). The summed E-state index contributed by atoms with van der Waals surface area (Å²) in [5.74, 6) is 0.690. The van der Waals surface area contributed by atoms with E-state index in [4.69, 9.17) is 0 Å². The Kier molecular flexibility index (Phi) is 3.78. The van der Waals surface area contributed by atoms with Crippen molar-refractivity contribution in [3.05, 3.63) is 35.9 Å². The zero-order chi connectivity index (χ0) is 14.2. The number of hydrogen-bond donors (Lipinski definition) is 1. The van der Waals surface area contributed by atoms with Gasteiger partial charge in [0.05, 0.1) is 12.1 Å². The summed E-state index contributed by atoms with van der Waals surface area (Å²) in [7, 11) is 0. The van der Waals surface area contributed by atoms with Gasteiger partial charge in [-0.05, 0) is 31.2 Å². The van der Waals surface area contributed by atoms with Gasteiger partial charge in [0.25, 0.3) is 6.43 Å². The summed E-state index contributed by atoms with van der Waals surface area (Å²) in [6.45, 7) is 3.39. The third kappa shape index (κ3) is 2.72. The summed E-state index contributed by atoms with van der Waals surface area (Å²) in [5, 5.41) is 3.59. The van der Waals surface area contributed by atoms with E-state index in [0.29, 0.717) is 12.0 Å². The van der Waals surface area contributed by atoms with Gasteiger partial charge in [0.2, 0.25) is 0 Å². The molecule has 4 heteroatoms. The van der Waals surface area contributed by atoms with Crippen LogP contribution in [0.4, 0.5) is 8.78 Å². The van der Waals surface area contributed by atoms with Crippen molar-refractivity contribution in [1.29, 1.82) is 0 Å². The van der Waals surface area contributed by atoms with Gasteiger partial charge in [0.1, 0.15) is 0 Å². The first kappa shape index (κ1) is 14.0. The second kappa shape index (κ2) is 5.41. The van der Waals surface area contributed by atoms with Gasteiger partial charge in [-0.15, -0.1) is 0 Å². The summed E-state index contributed by atoms with van der Waals surface area (Å²) in [4.78, 5) is 1.98. The Bertz CT molecular complexity index is 447. The lowest BCUT2D eigenvalue weighted by atomic mass is 9.86. The molecule has 0 amide bonds.